The predicted octanol–water partition coefficient (Wildman–Crippen LogP) is 2.64. The first-order valence-corrected chi connectivity index (χ1v) is 7.87. The first-order valence-electron chi connectivity index (χ1n) is 7.87. The minimum absolute atomic E-state index is 0.0371. The second-order valence-corrected chi connectivity index (χ2v) is 6.69. The van der Waals surface area contributed by atoms with Crippen molar-refractivity contribution < 1.29 is 9.18 Å². The maximum Gasteiger partial charge on any atom is 0.240 e. The molecular weight excluding hydrogens is 267 g/mol. The van der Waals surface area contributed by atoms with Gasteiger partial charge in [0.2, 0.25) is 5.91 Å². The largest absolute Gasteiger partial charge is 0.354 e. The molecule has 0 saturated heterocycles. The predicted molar refractivity (Wildman–Crippen MR) is 80.3 cm³/mol. The summed E-state index contributed by atoms with van der Waals surface area (Å²) in [6, 6.07) is 6.71. The highest BCUT2D eigenvalue weighted by atomic mass is 19.1. The molecule has 114 valence electrons. The first kappa shape index (κ1) is 14.5. The van der Waals surface area contributed by atoms with Gasteiger partial charge in [-0.25, -0.2) is 4.39 Å². The third kappa shape index (κ3) is 2.95. The van der Waals surface area contributed by atoms with Crippen LogP contribution in [0.1, 0.15) is 50.5 Å². The zero-order chi connectivity index (χ0) is 14.9. The van der Waals surface area contributed by atoms with Gasteiger partial charge in [-0.15, -0.1) is 0 Å². The van der Waals surface area contributed by atoms with E-state index in [4.69, 9.17) is 5.73 Å². The molecule has 0 unspecified atom stereocenters. The Morgan fingerprint density at radius 1 is 1.19 bits per heavy atom. The Balaban J connectivity index is 1.63. The van der Waals surface area contributed by atoms with Crippen LogP contribution in [0.4, 0.5) is 4.39 Å². The van der Waals surface area contributed by atoms with Crippen LogP contribution in [0.15, 0.2) is 24.3 Å². The van der Waals surface area contributed by atoms with Crippen LogP contribution < -0.4 is 11.1 Å². The quantitative estimate of drug-likeness (QED) is 0.895. The topological polar surface area (TPSA) is 55.1 Å². The molecule has 0 aromatic heterocycles. The lowest BCUT2D eigenvalue weighted by Crippen LogP contribution is -2.56. The van der Waals surface area contributed by atoms with Gasteiger partial charge >= 0.3 is 0 Å². The Bertz CT molecular complexity index is 533. The van der Waals surface area contributed by atoms with Gasteiger partial charge in [-0.3, -0.25) is 4.79 Å². The fourth-order valence-corrected chi connectivity index (χ4v) is 3.37. The van der Waals surface area contributed by atoms with Gasteiger partial charge in [0.05, 0.1) is 5.54 Å². The van der Waals surface area contributed by atoms with Crippen molar-refractivity contribution in [1.82, 2.24) is 5.32 Å². The standard InChI is InChI=1S/C17H23FN2O/c18-14-6-4-5-13(11-14)16(9-10-16)12-20-15(21)17(19)7-2-1-3-8-17/h4-6,11H,1-3,7-10,12,19H2,(H,20,21). The molecule has 0 radical (unpaired) electrons. The molecule has 1 amide bonds. The number of carbonyl (C=O) groups excluding carboxylic acids is 1. The van der Waals surface area contributed by atoms with E-state index >= 15 is 0 Å². The van der Waals surface area contributed by atoms with E-state index in [9.17, 15) is 9.18 Å². The van der Waals surface area contributed by atoms with Crippen LogP contribution in [-0.4, -0.2) is 18.0 Å². The monoisotopic (exact) mass is 290 g/mol. The van der Waals surface area contributed by atoms with Crippen LogP contribution in [0.25, 0.3) is 0 Å². The van der Waals surface area contributed by atoms with Crippen molar-refractivity contribution in [1.29, 1.82) is 0 Å². The molecule has 0 aliphatic heterocycles. The average molecular weight is 290 g/mol. The Kier molecular flexibility index (Phi) is 3.74. The van der Waals surface area contributed by atoms with E-state index < -0.39 is 5.54 Å². The molecule has 2 aliphatic carbocycles. The van der Waals surface area contributed by atoms with Crippen LogP contribution >= 0.6 is 0 Å². The SMILES string of the molecule is NC1(C(=O)NCC2(c3cccc(F)c3)CC2)CCCCC1. The van der Waals surface area contributed by atoms with Crippen LogP contribution in [0, 0.1) is 5.82 Å². The van der Waals surface area contributed by atoms with Gasteiger partial charge in [-0.2, -0.15) is 0 Å². The fourth-order valence-electron chi connectivity index (χ4n) is 3.37. The molecule has 0 atom stereocenters. The van der Waals surface area contributed by atoms with Gasteiger partial charge in [-0.1, -0.05) is 31.4 Å². The Morgan fingerprint density at radius 2 is 1.90 bits per heavy atom. The number of halogens is 1. The lowest BCUT2D eigenvalue weighted by atomic mass is 9.81. The number of rotatable bonds is 4. The minimum Gasteiger partial charge on any atom is -0.354 e. The fraction of sp³-hybridized carbons (Fsp3) is 0.588. The summed E-state index contributed by atoms with van der Waals surface area (Å²) in [7, 11) is 0. The van der Waals surface area contributed by atoms with E-state index in [1.165, 1.54) is 12.5 Å². The van der Waals surface area contributed by atoms with E-state index in [0.717, 1.165) is 44.1 Å². The van der Waals surface area contributed by atoms with E-state index in [0.29, 0.717) is 6.54 Å². The molecule has 2 aliphatic rings. The van der Waals surface area contributed by atoms with Gasteiger partial charge in [-0.05, 0) is 43.4 Å². The summed E-state index contributed by atoms with van der Waals surface area (Å²) in [5.74, 6) is -0.252. The van der Waals surface area contributed by atoms with Crippen molar-refractivity contribution >= 4 is 5.91 Å². The summed E-state index contributed by atoms with van der Waals surface area (Å²) in [4.78, 5) is 12.4. The van der Waals surface area contributed by atoms with Crippen molar-refractivity contribution in [3.63, 3.8) is 0 Å². The summed E-state index contributed by atoms with van der Waals surface area (Å²) in [6.45, 7) is 0.564. The highest BCUT2D eigenvalue weighted by molar-refractivity contribution is 5.86. The van der Waals surface area contributed by atoms with Crippen LogP contribution in [-0.2, 0) is 10.2 Å². The zero-order valence-corrected chi connectivity index (χ0v) is 12.3. The van der Waals surface area contributed by atoms with Gasteiger partial charge in [0.25, 0.3) is 0 Å². The summed E-state index contributed by atoms with van der Waals surface area (Å²) in [5, 5.41) is 3.03. The van der Waals surface area contributed by atoms with Crippen molar-refractivity contribution in [2.24, 2.45) is 5.73 Å². The molecule has 1 aromatic rings. The molecule has 1 aromatic carbocycles. The van der Waals surface area contributed by atoms with E-state index in [1.54, 1.807) is 12.1 Å². The Hall–Kier alpha value is -1.42. The average Bonchev–Trinajstić information content (AvgIpc) is 3.27. The van der Waals surface area contributed by atoms with Crippen molar-refractivity contribution in [2.45, 2.75) is 55.9 Å². The molecular formula is C17H23FN2O. The van der Waals surface area contributed by atoms with Crippen LogP contribution in [0.2, 0.25) is 0 Å². The van der Waals surface area contributed by atoms with Crippen LogP contribution in [0.3, 0.4) is 0 Å². The molecule has 3 rings (SSSR count). The summed E-state index contributed by atoms with van der Waals surface area (Å²) in [6.07, 6.45) is 6.75. The molecule has 0 spiro atoms. The smallest absolute Gasteiger partial charge is 0.240 e. The highest BCUT2D eigenvalue weighted by Gasteiger charge is 2.45. The molecule has 0 bridgehead atoms. The van der Waals surface area contributed by atoms with Crippen LogP contribution in [0.5, 0.6) is 0 Å². The lowest BCUT2D eigenvalue weighted by molar-refractivity contribution is -0.127. The second-order valence-electron chi connectivity index (χ2n) is 6.69. The minimum atomic E-state index is -0.698. The van der Waals surface area contributed by atoms with E-state index in [1.807, 2.05) is 6.07 Å². The summed E-state index contributed by atoms with van der Waals surface area (Å²) >= 11 is 0. The van der Waals surface area contributed by atoms with Gasteiger partial charge in [0.15, 0.2) is 0 Å². The second kappa shape index (κ2) is 5.41. The molecule has 2 fully saturated rings. The van der Waals surface area contributed by atoms with Crippen molar-refractivity contribution in [3.8, 4) is 0 Å². The van der Waals surface area contributed by atoms with Gasteiger partial charge in [0.1, 0.15) is 5.82 Å². The summed E-state index contributed by atoms with van der Waals surface area (Å²) in [5.41, 5.74) is 6.45. The van der Waals surface area contributed by atoms with Gasteiger partial charge < -0.3 is 11.1 Å². The third-order valence-electron chi connectivity index (χ3n) is 5.08. The Morgan fingerprint density at radius 3 is 2.52 bits per heavy atom. The zero-order valence-electron chi connectivity index (χ0n) is 12.3. The number of carbonyl (C=O) groups is 1. The van der Waals surface area contributed by atoms with E-state index in [2.05, 4.69) is 5.32 Å². The molecule has 4 heteroatoms. The Labute approximate surface area is 125 Å². The first-order chi connectivity index (χ1) is 10.0. The van der Waals surface area contributed by atoms with Crippen molar-refractivity contribution in [2.75, 3.05) is 6.54 Å². The maximum atomic E-state index is 13.4. The maximum absolute atomic E-state index is 13.4. The van der Waals surface area contributed by atoms with Gasteiger partial charge in [0, 0.05) is 12.0 Å². The normalized spacial score (nSPS) is 22.6. The molecule has 3 nitrogen and oxygen atoms in total. The highest BCUT2D eigenvalue weighted by Crippen LogP contribution is 2.47. The molecule has 21 heavy (non-hydrogen) atoms. The lowest BCUT2D eigenvalue weighted by Gasteiger charge is -2.32. The third-order valence-corrected chi connectivity index (χ3v) is 5.08. The molecule has 3 N–H and O–H groups in total. The molecule has 0 heterocycles. The number of nitrogens with one attached hydrogen (secondary N) is 1. The molecule has 2 saturated carbocycles. The number of nitrogens with two attached hydrogens (primary N) is 1. The summed E-state index contributed by atoms with van der Waals surface area (Å²) < 4.78 is 13.4. The van der Waals surface area contributed by atoms with Crippen molar-refractivity contribution in [3.05, 3.63) is 35.6 Å². The number of hydrogen-bond donors (Lipinski definition) is 2. The number of amides is 1. The number of hydrogen-bond acceptors (Lipinski definition) is 2. The number of benzene rings is 1. The van der Waals surface area contributed by atoms with E-state index in [-0.39, 0.29) is 17.1 Å².